The van der Waals surface area contributed by atoms with Crippen LogP contribution in [0.4, 0.5) is 0 Å². The van der Waals surface area contributed by atoms with Crippen LogP contribution in [-0.4, -0.2) is 68.6 Å². The summed E-state index contributed by atoms with van der Waals surface area (Å²) in [7, 11) is -2.86. The molecule has 4 rings (SSSR count). The zero-order valence-corrected chi connectivity index (χ0v) is 16.2. The number of amides is 1. The number of carbonyl (C=O) groups excluding carboxylic acids is 1. The van der Waals surface area contributed by atoms with Crippen molar-refractivity contribution in [2.24, 2.45) is 5.92 Å². The average molecular weight is 394 g/mol. The molecule has 1 aromatic rings. The highest BCUT2D eigenvalue weighted by Crippen LogP contribution is 2.33. The van der Waals surface area contributed by atoms with E-state index in [0.717, 1.165) is 44.2 Å². The average Bonchev–Trinajstić information content (AvgIpc) is 3.25. The molecule has 3 aliphatic heterocycles. The minimum atomic E-state index is -2.86. The van der Waals surface area contributed by atoms with Crippen LogP contribution in [-0.2, 0) is 21.2 Å². The van der Waals surface area contributed by atoms with Gasteiger partial charge in [0.2, 0.25) is 12.7 Å². The van der Waals surface area contributed by atoms with E-state index >= 15 is 0 Å². The molecule has 0 N–H and O–H groups in total. The van der Waals surface area contributed by atoms with Crippen LogP contribution >= 0.6 is 0 Å². The first-order valence-electron chi connectivity index (χ1n) is 9.58. The molecule has 0 radical (unpaired) electrons. The molecule has 1 unspecified atom stereocenters. The number of hydrogen-bond acceptors (Lipinski definition) is 6. The van der Waals surface area contributed by atoms with Gasteiger partial charge in [-0.15, -0.1) is 0 Å². The van der Waals surface area contributed by atoms with Gasteiger partial charge in [0.15, 0.2) is 21.3 Å². The Morgan fingerprint density at radius 3 is 2.63 bits per heavy atom. The lowest BCUT2D eigenvalue weighted by atomic mass is 10.0. The normalized spacial score (nSPS) is 24.3. The van der Waals surface area contributed by atoms with Crippen molar-refractivity contribution in [3.63, 3.8) is 0 Å². The third-order valence-corrected chi connectivity index (χ3v) is 7.50. The minimum absolute atomic E-state index is 0.155. The fourth-order valence-corrected chi connectivity index (χ4v) is 5.95. The predicted octanol–water partition coefficient (Wildman–Crippen LogP) is 1.27. The van der Waals surface area contributed by atoms with Crippen molar-refractivity contribution < 1.29 is 22.7 Å². The van der Waals surface area contributed by atoms with Gasteiger partial charge in [0.25, 0.3) is 0 Å². The first-order chi connectivity index (χ1) is 13.0. The highest BCUT2D eigenvalue weighted by molar-refractivity contribution is 7.91. The summed E-state index contributed by atoms with van der Waals surface area (Å²) in [6, 6.07) is 6.02. The van der Waals surface area contributed by atoms with Crippen LogP contribution in [0.3, 0.4) is 0 Å². The second-order valence-corrected chi connectivity index (χ2v) is 9.88. The van der Waals surface area contributed by atoms with Gasteiger partial charge in [0, 0.05) is 39.1 Å². The molecule has 1 amide bonds. The van der Waals surface area contributed by atoms with Crippen molar-refractivity contribution in [3.8, 4) is 11.5 Å². The van der Waals surface area contributed by atoms with E-state index in [0.29, 0.717) is 19.3 Å². The number of hydrogen-bond donors (Lipinski definition) is 0. The van der Waals surface area contributed by atoms with E-state index in [-0.39, 0.29) is 30.1 Å². The molecule has 0 aromatic heterocycles. The van der Waals surface area contributed by atoms with E-state index in [9.17, 15) is 13.2 Å². The van der Waals surface area contributed by atoms with Gasteiger partial charge in [0.05, 0.1) is 11.5 Å². The predicted molar refractivity (Wildman–Crippen MR) is 100 cm³/mol. The van der Waals surface area contributed by atoms with Crippen LogP contribution in [0, 0.1) is 5.92 Å². The van der Waals surface area contributed by atoms with Crippen molar-refractivity contribution in [2.45, 2.75) is 25.8 Å². The van der Waals surface area contributed by atoms with Gasteiger partial charge >= 0.3 is 0 Å². The van der Waals surface area contributed by atoms with Gasteiger partial charge in [-0.2, -0.15) is 0 Å². The van der Waals surface area contributed by atoms with Crippen molar-refractivity contribution in [2.75, 3.05) is 44.5 Å². The monoisotopic (exact) mass is 394 g/mol. The van der Waals surface area contributed by atoms with Crippen LogP contribution in [0.5, 0.6) is 11.5 Å². The molecule has 7 nitrogen and oxygen atoms in total. The minimum Gasteiger partial charge on any atom is -0.454 e. The van der Waals surface area contributed by atoms with E-state index < -0.39 is 9.84 Å². The summed E-state index contributed by atoms with van der Waals surface area (Å²) >= 11 is 0. The number of ether oxygens (including phenoxy) is 2. The van der Waals surface area contributed by atoms with Gasteiger partial charge in [0.1, 0.15) is 0 Å². The van der Waals surface area contributed by atoms with Crippen LogP contribution in [0.1, 0.15) is 24.8 Å². The van der Waals surface area contributed by atoms with Crippen molar-refractivity contribution >= 4 is 15.7 Å². The number of rotatable bonds is 5. The molecule has 0 saturated carbocycles. The SMILES string of the molecule is O=C(CCC1CCS(=O)(=O)C1)N1CCN(Cc2ccc3c(c2)OCO3)CC1. The zero-order valence-electron chi connectivity index (χ0n) is 15.4. The largest absolute Gasteiger partial charge is 0.454 e. The molecule has 0 bridgehead atoms. The maximum atomic E-state index is 12.4. The lowest BCUT2D eigenvalue weighted by Crippen LogP contribution is -2.48. The smallest absolute Gasteiger partial charge is 0.231 e. The van der Waals surface area contributed by atoms with Gasteiger partial charge in [-0.05, 0) is 36.5 Å². The first kappa shape index (κ1) is 18.6. The Morgan fingerprint density at radius 2 is 1.89 bits per heavy atom. The molecule has 0 spiro atoms. The number of sulfone groups is 1. The summed E-state index contributed by atoms with van der Waals surface area (Å²) in [6.45, 7) is 4.26. The Balaban J connectivity index is 1.21. The molecular weight excluding hydrogens is 368 g/mol. The number of piperazine rings is 1. The molecule has 1 aromatic carbocycles. The first-order valence-corrected chi connectivity index (χ1v) is 11.4. The molecule has 2 saturated heterocycles. The number of benzene rings is 1. The summed E-state index contributed by atoms with van der Waals surface area (Å²) < 4.78 is 33.8. The van der Waals surface area contributed by atoms with Gasteiger partial charge in [-0.1, -0.05) is 6.07 Å². The Kier molecular flexibility index (Phi) is 5.27. The Morgan fingerprint density at radius 1 is 1.11 bits per heavy atom. The number of carbonyl (C=O) groups is 1. The van der Waals surface area contributed by atoms with E-state index in [4.69, 9.17) is 9.47 Å². The van der Waals surface area contributed by atoms with Gasteiger partial charge < -0.3 is 14.4 Å². The molecule has 3 heterocycles. The standard InChI is InChI=1S/C19H26N2O5S/c22-19(4-2-15-5-10-27(23,24)13-15)21-8-6-20(7-9-21)12-16-1-3-17-18(11-16)26-14-25-17/h1,3,11,15H,2,4-10,12-14H2. The van der Waals surface area contributed by atoms with Crippen LogP contribution in [0.2, 0.25) is 0 Å². The lowest BCUT2D eigenvalue weighted by molar-refractivity contribution is -0.133. The molecule has 8 heteroatoms. The Labute approximate surface area is 160 Å². The highest BCUT2D eigenvalue weighted by Gasteiger charge is 2.29. The van der Waals surface area contributed by atoms with Crippen molar-refractivity contribution in [1.82, 2.24) is 9.80 Å². The lowest BCUT2D eigenvalue weighted by Gasteiger charge is -2.35. The number of nitrogens with zero attached hydrogens (tertiary/aromatic N) is 2. The van der Waals surface area contributed by atoms with Gasteiger partial charge in [-0.25, -0.2) is 8.42 Å². The third-order valence-electron chi connectivity index (χ3n) is 5.66. The van der Waals surface area contributed by atoms with Crippen LogP contribution < -0.4 is 9.47 Å². The fourth-order valence-electron chi connectivity index (χ4n) is 4.04. The summed E-state index contributed by atoms with van der Waals surface area (Å²) in [5.74, 6) is 2.45. The molecule has 3 aliphatic rings. The third kappa shape index (κ3) is 4.55. The van der Waals surface area contributed by atoms with E-state index in [1.165, 1.54) is 5.56 Å². The van der Waals surface area contributed by atoms with Gasteiger partial charge in [-0.3, -0.25) is 9.69 Å². The highest BCUT2D eigenvalue weighted by atomic mass is 32.2. The van der Waals surface area contributed by atoms with Crippen molar-refractivity contribution in [1.29, 1.82) is 0 Å². The second-order valence-electron chi connectivity index (χ2n) is 7.65. The maximum absolute atomic E-state index is 12.4. The van der Waals surface area contributed by atoms with E-state index in [1.54, 1.807) is 0 Å². The summed E-state index contributed by atoms with van der Waals surface area (Å²) in [6.07, 6.45) is 1.86. The zero-order chi connectivity index (χ0) is 18.9. The van der Waals surface area contributed by atoms with E-state index in [2.05, 4.69) is 11.0 Å². The molecule has 0 aliphatic carbocycles. The number of fused-ring (bicyclic) bond motifs is 1. The molecule has 1 atom stereocenters. The summed E-state index contributed by atoms with van der Waals surface area (Å²) in [4.78, 5) is 16.7. The molecule has 27 heavy (non-hydrogen) atoms. The summed E-state index contributed by atoms with van der Waals surface area (Å²) in [5, 5.41) is 0. The molecular formula is C19H26N2O5S. The van der Waals surface area contributed by atoms with Crippen molar-refractivity contribution in [3.05, 3.63) is 23.8 Å². The second kappa shape index (κ2) is 7.67. The van der Waals surface area contributed by atoms with E-state index in [1.807, 2.05) is 17.0 Å². The maximum Gasteiger partial charge on any atom is 0.231 e. The molecule has 2 fully saturated rings. The molecule has 148 valence electrons. The van der Waals surface area contributed by atoms with Crippen LogP contribution in [0.15, 0.2) is 18.2 Å². The Bertz CT molecular complexity index is 802. The van der Waals surface area contributed by atoms with Crippen LogP contribution in [0.25, 0.3) is 0 Å². The summed E-state index contributed by atoms with van der Waals surface area (Å²) in [5.41, 5.74) is 1.18. The Hall–Kier alpha value is -1.80. The topological polar surface area (TPSA) is 76.2 Å². The quantitative estimate of drug-likeness (QED) is 0.749. The fraction of sp³-hybridized carbons (Fsp3) is 0.632.